The van der Waals surface area contributed by atoms with Crippen LogP contribution >= 0.6 is 0 Å². The first kappa shape index (κ1) is 17.5. The lowest BCUT2D eigenvalue weighted by atomic mass is 9.86. The molecule has 2 aromatic heterocycles. The molecular weight excluding hydrogens is 358 g/mol. The predicted molar refractivity (Wildman–Crippen MR) is 90.1 cm³/mol. The zero-order valence-electron chi connectivity index (χ0n) is 14.7. The summed E-state index contributed by atoms with van der Waals surface area (Å²) in [6.45, 7) is 1.22. The first-order valence-corrected chi connectivity index (χ1v) is 8.55. The van der Waals surface area contributed by atoms with Gasteiger partial charge in [-0.25, -0.2) is 18.7 Å². The predicted octanol–water partition coefficient (Wildman–Crippen LogP) is 1.42. The van der Waals surface area contributed by atoms with Gasteiger partial charge >= 0.3 is 0 Å². The number of carbonyl (C=O) groups excluding carboxylic acids is 2. The molecule has 2 aromatic rings. The Morgan fingerprint density at radius 3 is 2.70 bits per heavy atom. The number of rotatable bonds is 3. The van der Waals surface area contributed by atoms with E-state index >= 15 is 0 Å². The van der Waals surface area contributed by atoms with Gasteiger partial charge in [0.1, 0.15) is 12.0 Å². The van der Waals surface area contributed by atoms with Crippen molar-refractivity contribution in [3.63, 3.8) is 0 Å². The summed E-state index contributed by atoms with van der Waals surface area (Å²) in [5.74, 6) is -0.516. The van der Waals surface area contributed by atoms with Gasteiger partial charge in [-0.05, 0) is 6.42 Å². The van der Waals surface area contributed by atoms with Crippen molar-refractivity contribution in [2.24, 2.45) is 12.5 Å². The molecule has 0 aliphatic carbocycles. The maximum atomic E-state index is 13.2. The summed E-state index contributed by atoms with van der Waals surface area (Å²) in [5, 5.41) is 3.70. The van der Waals surface area contributed by atoms with Gasteiger partial charge in [0.15, 0.2) is 0 Å². The third-order valence-electron chi connectivity index (χ3n) is 5.20. The molecule has 0 bridgehead atoms. The van der Waals surface area contributed by atoms with Gasteiger partial charge in [-0.15, -0.1) is 0 Å². The SMILES string of the molecule is Cn1cc(C(=O)N2CCC3(CC(=O)N(c4cncnc4)C3)C2)c(C(F)F)n1. The van der Waals surface area contributed by atoms with E-state index in [0.717, 1.165) is 0 Å². The van der Waals surface area contributed by atoms with Crippen LogP contribution < -0.4 is 4.90 Å². The van der Waals surface area contributed by atoms with Crippen molar-refractivity contribution >= 4 is 17.5 Å². The molecule has 0 aromatic carbocycles. The second-order valence-corrected chi connectivity index (χ2v) is 7.13. The second-order valence-electron chi connectivity index (χ2n) is 7.13. The lowest BCUT2D eigenvalue weighted by Gasteiger charge is -2.24. The Bertz CT molecular complexity index is 887. The molecule has 4 rings (SSSR count). The molecule has 10 heteroatoms. The van der Waals surface area contributed by atoms with Crippen molar-refractivity contribution in [1.29, 1.82) is 0 Å². The van der Waals surface area contributed by atoms with Crippen molar-refractivity contribution in [3.05, 3.63) is 36.2 Å². The van der Waals surface area contributed by atoms with Gasteiger partial charge in [0.25, 0.3) is 12.3 Å². The van der Waals surface area contributed by atoms with E-state index in [1.165, 1.54) is 24.3 Å². The Hall–Kier alpha value is -2.91. The standard InChI is InChI=1S/C17H18F2N6O2/c1-23-7-12(14(22-23)15(18)19)16(27)24-3-2-17(8-24)4-13(26)25(9-17)11-5-20-10-21-6-11/h5-7,10,15H,2-4,8-9H2,1H3. The zero-order chi connectivity index (χ0) is 19.2. The van der Waals surface area contributed by atoms with Gasteiger partial charge in [0.05, 0.1) is 23.6 Å². The number of halogens is 2. The zero-order valence-corrected chi connectivity index (χ0v) is 14.7. The molecule has 2 saturated heterocycles. The minimum atomic E-state index is -2.82. The van der Waals surface area contributed by atoms with Gasteiger partial charge < -0.3 is 9.80 Å². The average Bonchev–Trinajstić information content (AvgIpc) is 3.33. The van der Waals surface area contributed by atoms with E-state index in [1.807, 2.05) is 0 Å². The van der Waals surface area contributed by atoms with Crippen LogP contribution in [-0.4, -0.2) is 56.1 Å². The number of hydrogen-bond donors (Lipinski definition) is 0. The van der Waals surface area contributed by atoms with Crippen LogP contribution in [0.1, 0.15) is 35.3 Å². The number of hydrogen-bond acceptors (Lipinski definition) is 5. The number of carbonyl (C=O) groups is 2. The molecule has 1 unspecified atom stereocenters. The maximum Gasteiger partial charge on any atom is 0.282 e. The minimum Gasteiger partial charge on any atom is -0.338 e. The molecule has 2 aliphatic heterocycles. The molecule has 2 aliphatic rings. The third kappa shape index (κ3) is 3.04. The lowest BCUT2D eigenvalue weighted by Crippen LogP contribution is -2.34. The Balaban J connectivity index is 1.52. The Morgan fingerprint density at radius 1 is 1.26 bits per heavy atom. The number of nitrogens with zero attached hydrogens (tertiary/aromatic N) is 6. The van der Waals surface area contributed by atoms with Crippen molar-refractivity contribution in [2.45, 2.75) is 19.3 Å². The summed E-state index contributed by atoms with van der Waals surface area (Å²) in [6, 6.07) is 0. The van der Waals surface area contributed by atoms with Crippen LogP contribution in [0.4, 0.5) is 14.5 Å². The highest BCUT2D eigenvalue weighted by Gasteiger charge is 2.49. The Labute approximate surface area is 153 Å². The summed E-state index contributed by atoms with van der Waals surface area (Å²) < 4.78 is 27.5. The van der Waals surface area contributed by atoms with E-state index in [1.54, 1.807) is 22.2 Å². The average molecular weight is 376 g/mol. The van der Waals surface area contributed by atoms with Gasteiger partial charge in [0.2, 0.25) is 5.91 Å². The van der Waals surface area contributed by atoms with Crippen molar-refractivity contribution in [3.8, 4) is 0 Å². The maximum absolute atomic E-state index is 13.2. The van der Waals surface area contributed by atoms with Gasteiger partial charge in [-0.3, -0.25) is 14.3 Å². The van der Waals surface area contributed by atoms with E-state index in [2.05, 4.69) is 15.1 Å². The van der Waals surface area contributed by atoms with E-state index in [9.17, 15) is 18.4 Å². The summed E-state index contributed by atoms with van der Waals surface area (Å²) in [5.41, 5.74) is -0.344. The fraction of sp³-hybridized carbons (Fsp3) is 0.471. The normalized spacial score (nSPS) is 22.4. The van der Waals surface area contributed by atoms with E-state index in [4.69, 9.17) is 0 Å². The van der Waals surface area contributed by atoms with Crippen molar-refractivity contribution < 1.29 is 18.4 Å². The summed E-state index contributed by atoms with van der Waals surface area (Å²) in [4.78, 5) is 36.3. The first-order chi connectivity index (χ1) is 12.9. The fourth-order valence-electron chi connectivity index (χ4n) is 3.95. The first-order valence-electron chi connectivity index (χ1n) is 8.55. The van der Waals surface area contributed by atoms with E-state index in [0.29, 0.717) is 38.2 Å². The third-order valence-corrected chi connectivity index (χ3v) is 5.20. The smallest absolute Gasteiger partial charge is 0.282 e. The minimum absolute atomic E-state index is 0.0475. The van der Waals surface area contributed by atoms with Crippen LogP contribution in [0.2, 0.25) is 0 Å². The largest absolute Gasteiger partial charge is 0.338 e. The molecule has 0 saturated carbocycles. The van der Waals surface area contributed by atoms with Crippen molar-refractivity contribution in [2.75, 3.05) is 24.5 Å². The number of amides is 2. The molecule has 2 fully saturated rings. The van der Waals surface area contributed by atoms with Crippen LogP contribution in [0.5, 0.6) is 0 Å². The topological polar surface area (TPSA) is 84.2 Å². The van der Waals surface area contributed by atoms with E-state index in [-0.39, 0.29) is 16.9 Å². The van der Waals surface area contributed by atoms with Gasteiger partial charge in [0, 0.05) is 44.7 Å². The molecule has 1 atom stereocenters. The quantitative estimate of drug-likeness (QED) is 0.809. The van der Waals surface area contributed by atoms with Crippen LogP contribution in [0.3, 0.4) is 0 Å². The van der Waals surface area contributed by atoms with Crippen LogP contribution in [0.25, 0.3) is 0 Å². The molecule has 8 nitrogen and oxygen atoms in total. The van der Waals surface area contributed by atoms with Crippen LogP contribution in [0, 0.1) is 5.41 Å². The van der Waals surface area contributed by atoms with E-state index < -0.39 is 18.0 Å². The number of alkyl halides is 2. The van der Waals surface area contributed by atoms with Crippen LogP contribution in [-0.2, 0) is 11.8 Å². The highest BCUT2D eigenvalue weighted by Crippen LogP contribution is 2.42. The summed E-state index contributed by atoms with van der Waals surface area (Å²) in [7, 11) is 1.50. The molecule has 0 radical (unpaired) electrons. The highest BCUT2D eigenvalue weighted by atomic mass is 19.3. The Morgan fingerprint density at radius 2 is 2.00 bits per heavy atom. The molecular formula is C17H18F2N6O2. The molecule has 0 N–H and O–H groups in total. The fourth-order valence-corrected chi connectivity index (χ4v) is 3.95. The molecule has 1 spiro atoms. The molecule has 2 amide bonds. The summed E-state index contributed by atoms with van der Waals surface area (Å²) >= 11 is 0. The summed E-state index contributed by atoms with van der Waals surface area (Å²) in [6.07, 6.45) is 3.99. The number of aromatic nitrogens is 4. The Kier molecular flexibility index (Phi) is 4.12. The van der Waals surface area contributed by atoms with Gasteiger partial charge in [-0.1, -0.05) is 0 Å². The van der Waals surface area contributed by atoms with Crippen molar-refractivity contribution in [1.82, 2.24) is 24.6 Å². The highest BCUT2D eigenvalue weighted by molar-refractivity contribution is 5.97. The number of likely N-dealkylation sites (tertiary alicyclic amines) is 1. The second kappa shape index (κ2) is 6.36. The van der Waals surface area contributed by atoms with Gasteiger partial charge in [-0.2, -0.15) is 5.10 Å². The molecule has 4 heterocycles. The monoisotopic (exact) mass is 376 g/mol. The lowest BCUT2D eigenvalue weighted by molar-refractivity contribution is -0.117. The molecule has 27 heavy (non-hydrogen) atoms. The van der Waals surface area contributed by atoms with Crippen LogP contribution in [0.15, 0.2) is 24.9 Å². The number of aryl methyl sites for hydroxylation is 1. The number of anilines is 1. The molecule has 142 valence electrons.